The molecule has 0 bridgehead atoms. The summed E-state index contributed by atoms with van der Waals surface area (Å²) in [6.07, 6.45) is 5.34. The zero-order valence-corrected chi connectivity index (χ0v) is 14.7. The lowest BCUT2D eigenvalue weighted by Gasteiger charge is -2.09. The third kappa shape index (κ3) is 3.26. The zero-order valence-electron chi connectivity index (χ0n) is 14.7. The van der Waals surface area contributed by atoms with E-state index >= 15 is 0 Å². The van der Waals surface area contributed by atoms with Crippen LogP contribution in [0, 0.1) is 12.8 Å². The molecule has 2 heterocycles. The van der Waals surface area contributed by atoms with Crippen LogP contribution >= 0.6 is 0 Å². The van der Waals surface area contributed by atoms with Gasteiger partial charge in [-0.1, -0.05) is 6.92 Å². The Balaban J connectivity index is 2.30. The summed E-state index contributed by atoms with van der Waals surface area (Å²) in [5, 5.41) is 8.92. The van der Waals surface area contributed by atoms with Gasteiger partial charge in [0.25, 0.3) is 11.7 Å². The molecule has 0 aromatic carbocycles. The molecule has 1 saturated carbocycles. The summed E-state index contributed by atoms with van der Waals surface area (Å²) in [7, 11) is 0. The van der Waals surface area contributed by atoms with Gasteiger partial charge < -0.3 is 20.0 Å². The first-order valence-electron chi connectivity index (χ1n) is 8.55. The number of rotatable bonds is 8. The third-order valence-electron chi connectivity index (χ3n) is 4.53. The summed E-state index contributed by atoms with van der Waals surface area (Å²) < 4.78 is 7.14. The molecular weight excluding hydrogens is 338 g/mol. The third-order valence-corrected chi connectivity index (χ3v) is 4.53. The van der Waals surface area contributed by atoms with E-state index in [1.54, 1.807) is 13.1 Å². The minimum absolute atomic E-state index is 0.0220. The van der Waals surface area contributed by atoms with Crippen molar-refractivity contribution in [1.29, 1.82) is 0 Å². The molecule has 2 aromatic heterocycles. The minimum Gasteiger partial charge on any atom is -0.479 e. The average molecular weight is 359 g/mol. The fraction of sp³-hybridized carbons (Fsp3) is 0.444. The van der Waals surface area contributed by atoms with E-state index < -0.39 is 24.3 Å². The van der Waals surface area contributed by atoms with Gasteiger partial charge in [0.05, 0.1) is 11.3 Å². The maximum absolute atomic E-state index is 12.5. The number of carboxylic acids is 1. The number of amides is 1. The molecule has 0 atom stereocenters. The Hall–Kier alpha value is -2.90. The summed E-state index contributed by atoms with van der Waals surface area (Å²) in [6.45, 7) is 3.07. The Kier molecular flexibility index (Phi) is 4.67. The molecule has 1 aliphatic carbocycles. The normalized spacial score (nSPS) is 13.8. The van der Waals surface area contributed by atoms with Gasteiger partial charge in [0.2, 0.25) is 5.88 Å². The minimum atomic E-state index is -1.16. The van der Waals surface area contributed by atoms with Crippen LogP contribution in [0.4, 0.5) is 0 Å². The average Bonchev–Trinajstić information content (AvgIpc) is 3.34. The van der Waals surface area contributed by atoms with Crippen molar-refractivity contribution in [1.82, 2.24) is 9.38 Å². The highest BCUT2D eigenvalue weighted by atomic mass is 16.5. The lowest BCUT2D eigenvalue weighted by atomic mass is 10.0. The number of hydrogen-bond donors (Lipinski definition) is 2. The van der Waals surface area contributed by atoms with Crippen molar-refractivity contribution in [2.75, 3.05) is 6.61 Å². The van der Waals surface area contributed by atoms with Crippen LogP contribution in [0.15, 0.2) is 6.20 Å². The number of aliphatic carboxylic acids is 1. The number of nitrogens with zero attached hydrogens (tertiary/aromatic N) is 2. The molecule has 0 saturated heterocycles. The summed E-state index contributed by atoms with van der Waals surface area (Å²) in [6, 6.07) is 0. The number of ether oxygens (including phenoxy) is 1. The smallest absolute Gasteiger partial charge is 0.341 e. The second-order valence-electron chi connectivity index (χ2n) is 6.58. The van der Waals surface area contributed by atoms with E-state index in [2.05, 4.69) is 4.98 Å². The maximum Gasteiger partial charge on any atom is 0.341 e. The van der Waals surface area contributed by atoms with Crippen molar-refractivity contribution in [2.45, 2.75) is 39.5 Å². The van der Waals surface area contributed by atoms with Gasteiger partial charge in [-0.15, -0.1) is 0 Å². The monoisotopic (exact) mass is 359 g/mol. The van der Waals surface area contributed by atoms with Crippen LogP contribution in [-0.4, -0.2) is 38.8 Å². The van der Waals surface area contributed by atoms with E-state index in [4.69, 9.17) is 15.6 Å². The molecule has 1 fully saturated rings. The second kappa shape index (κ2) is 6.78. The lowest BCUT2D eigenvalue weighted by Crippen LogP contribution is -2.24. The number of primary amides is 1. The van der Waals surface area contributed by atoms with Gasteiger partial charge >= 0.3 is 5.97 Å². The molecule has 0 aliphatic heterocycles. The van der Waals surface area contributed by atoms with Crippen molar-refractivity contribution in [2.24, 2.45) is 11.7 Å². The summed E-state index contributed by atoms with van der Waals surface area (Å²) in [5.41, 5.74) is 8.03. The molecule has 8 nitrogen and oxygen atoms in total. The highest BCUT2D eigenvalue weighted by molar-refractivity contribution is 6.44. The van der Waals surface area contributed by atoms with E-state index in [9.17, 15) is 14.4 Å². The van der Waals surface area contributed by atoms with Crippen molar-refractivity contribution in [3.63, 3.8) is 0 Å². The summed E-state index contributed by atoms with van der Waals surface area (Å²) in [5.74, 6) is -2.46. The van der Waals surface area contributed by atoms with Crippen molar-refractivity contribution in [3.05, 3.63) is 28.7 Å². The van der Waals surface area contributed by atoms with Gasteiger partial charge in [-0.3, -0.25) is 9.59 Å². The van der Waals surface area contributed by atoms with Crippen molar-refractivity contribution >= 4 is 23.2 Å². The number of Topliss-reactive ketones (excluding diaryl/α,β-unsaturated/α-hetero) is 1. The molecule has 0 spiro atoms. The number of nitrogens with two attached hydrogens (primary N) is 1. The lowest BCUT2D eigenvalue weighted by molar-refractivity contribution is -0.139. The Bertz CT molecular complexity index is 911. The largest absolute Gasteiger partial charge is 0.479 e. The van der Waals surface area contributed by atoms with Crippen LogP contribution in [-0.2, 0) is 22.4 Å². The Morgan fingerprint density at radius 2 is 2.08 bits per heavy atom. The van der Waals surface area contributed by atoms with Crippen LogP contribution < -0.4 is 10.5 Å². The number of aromatic nitrogens is 2. The van der Waals surface area contributed by atoms with Crippen LogP contribution in [0.5, 0.6) is 5.88 Å². The molecule has 26 heavy (non-hydrogen) atoms. The highest BCUT2D eigenvalue weighted by Gasteiger charge is 2.31. The molecule has 2 aromatic rings. The van der Waals surface area contributed by atoms with Gasteiger partial charge in [-0.05, 0) is 44.1 Å². The highest BCUT2D eigenvalue weighted by Crippen LogP contribution is 2.38. The van der Waals surface area contributed by atoms with Gasteiger partial charge in [0, 0.05) is 11.9 Å². The topological polar surface area (TPSA) is 124 Å². The number of hydrogen-bond acceptors (Lipinski definition) is 5. The summed E-state index contributed by atoms with van der Waals surface area (Å²) in [4.78, 5) is 39.3. The fourth-order valence-corrected chi connectivity index (χ4v) is 3.27. The predicted octanol–water partition coefficient (Wildman–Crippen LogP) is 1.29. The van der Waals surface area contributed by atoms with Gasteiger partial charge in [0.15, 0.2) is 6.61 Å². The first-order valence-corrected chi connectivity index (χ1v) is 8.55. The number of carbonyl (C=O) groups excluding carboxylic acids is 2. The SMILES string of the molecule is CCc1c(C(=O)C(N)=O)c2c(OCC(=O)O)nc(C)cn2c1CC1CC1. The van der Waals surface area contributed by atoms with E-state index in [1.165, 1.54) is 0 Å². The van der Waals surface area contributed by atoms with Crippen LogP contribution in [0.2, 0.25) is 0 Å². The number of aryl methyl sites for hydroxylation is 1. The zero-order chi connectivity index (χ0) is 19.0. The molecule has 3 N–H and O–H groups in total. The molecule has 0 radical (unpaired) electrons. The quantitative estimate of drug-likeness (QED) is 0.540. The van der Waals surface area contributed by atoms with Crippen LogP contribution in [0.3, 0.4) is 0 Å². The second-order valence-corrected chi connectivity index (χ2v) is 6.58. The predicted molar refractivity (Wildman–Crippen MR) is 92.4 cm³/mol. The number of fused-ring (bicyclic) bond motifs is 1. The molecule has 0 unspecified atom stereocenters. The van der Waals surface area contributed by atoms with Crippen molar-refractivity contribution in [3.8, 4) is 5.88 Å². The number of ketones is 1. The maximum atomic E-state index is 12.5. The molecule has 1 aliphatic rings. The standard InChI is InChI=1S/C18H21N3O5/c1-3-11-12(6-10-4-5-10)21-7-9(2)20-18(26-8-13(22)23)15(21)14(11)16(24)17(19)25/h7,10H,3-6,8H2,1-2H3,(H2,19,25)(H,22,23). The van der Waals surface area contributed by atoms with Crippen LogP contribution in [0.25, 0.3) is 5.52 Å². The van der Waals surface area contributed by atoms with Crippen molar-refractivity contribution < 1.29 is 24.2 Å². The molecule has 3 rings (SSSR count). The Morgan fingerprint density at radius 3 is 2.62 bits per heavy atom. The Morgan fingerprint density at radius 1 is 1.38 bits per heavy atom. The van der Waals surface area contributed by atoms with E-state index in [1.807, 2.05) is 11.3 Å². The van der Waals surface area contributed by atoms with E-state index in [0.717, 1.165) is 30.5 Å². The fourth-order valence-electron chi connectivity index (χ4n) is 3.27. The van der Waals surface area contributed by atoms with Crippen LogP contribution in [0.1, 0.15) is 47.1 Å². The van der Waals surface area contributed by atoms with Gasteiger partial charge in [-0.25, -0.2) is 9.78 Å². The van der Waals surface area contributed by atoms with E-state index in [-0.39, 0.29) is 11.4 Å². The Labute approximate surface area is 150 Å². The summed E-state index contributed by atoms with van der Waals surface area (Å²) >= 11 is 0. The molecule has 8 heteroatoms. The van der Waals surface area contributed by atoms with E-state index in [0.29, 0.717) is 23.5 Å². The van der Waals surface area contributed by atoms with Gasteiger partial charge in [0.1, 0.15) is 5.52 Å². The molecule has 1 amide bonds. The van der Waals surface area contributed by atoms with Gasteiger partial charge in [-0.2, -0.15) is 0 Å². The molecule has 138 valence electrons. The number of carboxylic acid groups (broad SMARTS) is 1. The number of carbonyl (C=O) groups is 3. The first kappa shape index (κ1) is 17.9. The molecular formula is C18H21N3O5. The first-order chi connectivity index (χ1) is 12.3.